The van der Waals surface area contributed by atoms with Crippen molar-refractivity contribution >= 4 is 28.5 Å². The highest BCUT2D eigenvalue weighted by Crippen LogP contribution is 2.21. The molecule has 1 N–H and O–H groups in total. The SMILES string of the molecule is CCC[C@H](CNC(=O)c1cc(=O)c2cc(Cl)ccc2o1)c1ccc(F)cc1. The molecule has 0 saturated heterocycles. The van der Waals surface area contributed by atoms with E-state index in [0.717, 1.165) is 18.4 Å². The summed E-state index contributed by atoms with van der Waals surface area (Å²) in [5.41, 5.74) is 0.932. The number of carbonyl (C=O) groups excluding carboxylic acids is 1. The molecule has 1 amide bonds. The second kappa shape index (κ2) is 8.35. The third kappa shape index (κ3) is 4.55. The molecule has 0 aliphatic heterocycles. The van der Waals surface area contributed by atoms with Crippen molar-refractivity contribution in [1.29, 1.82) is 0 Å². The lowest BCUT2D eigenvalue weighted by Gasteiger charge is -2.17. The number of hydrogen-bond acceptors (Lipinski definition) is 3. The van der Waals surface area contributed by atoms with E-state index < -0.39 is 5.91 Å². The first kappa shape index (κ1) is 19.1. The standard InChI is InChI=1S/C21H19ClFNO3/c1-2-3-14(13-4-7-16(23)8-5-13)12-24-21(26)20-11-18(25)17-10-15(22)6-9-19(17)27-20/h4-11,14H,2-3,12H2,1H3,(H,24,26)/t14-/m1/s1. The molecule has 1 heterocycles. The predicted molar refractivity (Wildman–Crippen MR) is 104 cm³/mol. The predicted octanol–water partition coefficient (Wildman–Crippen LogP) is 4.90. The van der Waals surface area contributed by atoms with Gasteiger partial charge in [-0.1, -0.05) is 37.1 Å². The van der Waals surface area contributed by atoms with Gasteiger partial charge in [-0.25, -0.2) is 4.39 Å². The summed E-state index contributed by atoms with van der Waals surface area (Å²) < 4.78 is 18.7. The molecule has 0 spiro atoms. The maximum absolute atomic E-state index is 13.1. The Labute approximate surface area is 161 Å². The lowest BCUT2D eigenvalue weighted by atomic mass is 9.94. The molecule has 4 nitrogen and oxygen atoms in total. The lowest BCUT2D eigenvalue weighted by molar-refractivity contribution is 0.0923. The highest BCUT2D eigenvalue weighted by molar-refractivity contribution is 6.31. The number of fused-ring (bicyclic) bond motifs is 1. The van der Waals surface area contributed by atoms with E-state index in [1.54, 1.807) is 24.3 Å². The van der Waals surface area contributed by atoms with Crippen LogP contribution >= 0.6 is 11.6 Å². The highest BCUT2D eigenvalue weighted by Gasteiger charge is 2.16. The van der Waals surface area contributed by atoms with Crippen molar-refractivity contribution in [3.63, 3.8) is 0 Å². The van der Waals surface area contributed by atoms with Crippen molar-refractivity contribution in [1.82, 2.24) is 5.32 Å². The van der Waals surface area contributed by atoms with Crippen LogP contribution in [0.25, 0.3) is 11.0 Å². The minimum Gasteiger partial charge on any atom is -0.451 e. The van der Waals surface area contributed by atoms with Crippen LogP contribution in [0.4, 0.5) is 4.39 Å². The molecule has 0 bridgehead atoms. The first-order valence-electron chi connectivity index (χ1n) is 8.75. The van der Waals surface area contributed by atoms with Gasteiger partial charge in [-0.3, -0.25) is 9.59 Å². The van der Waals surface area contributed by atoms with Crippen LogP contribution in [0.1, 0.15) is 41.8 Å². The van der Waals surface area contributed by atoms with Gasteiger partial charge in [-0.05, 0) is 42.3 Å². The molecule has 1 aromatic heterocycles. The lowest BCUT2D eigenvalue weighted by Crippen LogP contribution is -2.29. The highest BCUT2D eigenvalue weighted by atomic mass is 35.5. The summed E-state index contributed by atoms with van der Waals surface area (Å²) in [7, 11) is 0. The molecule has 2 aromatic carbocycles. The average molecular weight is 388 g/mol. The van der Waals surface area contributed by atoms with Gasteiger partial charge in [0, 0.05) is 23.6 Å². The summed E-state index contributed by atoms with van der Waals surface area (Å²) in [4.78, 5) is 24.7. The monoisotopic (exact) mass is 387 g/mol. The second-order valence-corrected chi connectivity index (χ2v) is 6.80. The number of carbonyl (C=O) groups is 1. The Kier molecular flexibility index (Phi) is 5.91. The van der Waals surface area contributed by atoms with E-state index in [9.17, 15) is 14.0 Å². The number of rotatable bonds is 6. The number of amides is 1. The first-order chi connectivity index (χ1) is 13.0. The second-order valence-electron chi connectivity index (χ2n) is 6.36. The van der Waals surface area contributed by atoms with E-state index in [0.29, 0.717) is 22.5 Å². The summed E-state index contributed by atoms with van der Waals surface area (Å²) in [5, 5.41) is 3.56. The average Bonchev–Trinajstić information content (AvgIpc) is 2.66. The third-order valence-corrected chi connectivity index (χ3v) is 4.64. The minimum absolute atomic E-state index is 0.0468. The van der Waals surface area contributed by atoms with Crippen molar-refractivity contribution in [2.75, 3.05) is 6.54 Å². The number of benzene rings is 2. The van der Waals surface area contributed by atoms with Crippen LogP contribution in [0.3, 0.4) is 0 Å². The molecule has 0 saturated carbocycles. The Morgan fingerprint density at radius 3 is 2.63 bits per heavy atom. The molecule has 27 heavy (non-hydrogen) atoms. The van der Waals surface area contributed by atoms with E-state index >= 15 is 0 Å². The Bertz CT molecular complexity index is 1010. The van der Waals surface area contributed by atoms with Crippen molar-refractivity contribution in [3.8, 4) is 0 Å². The normalized spacial score (nSPS) is 12.1. The molecule has 140 valence electrons. The van der Waals surface area contributed by atoms with Crippen LogP contribution in [-0.2, 0) is 0 Å². The molecule has 0 fully saturated rings. The Balaban J connectivity index is 1.77. The molecule has 0 aliphatic carbocycles. The number of hydrogen-bond donors (Lipinski definition) is 1. The van der Waals surface area contributed by atoms with Crippen LogP contribution < -0.4 is 10.7 Å². The summed E-state index contributed by atoms with van der Waals surface area (Å²) in [6.45, 7) is 2.41. The van der Waals surface area contributed by atoms with Crippen LogP contribution in [0.5, 0.6) is 0 Å². The fraction of sp³-hybridized carbons (Fsp3) is 0.238. The summed E-state index contributed by atoms with van der Waals surface area (Å²) >= 11 is 5.89. The quantitative estimate of drug-likeness (QED) is 0.654. The molecule has 0 unspecified atom stereocenters. The molecule has 6 heteroatoms. The van der Waals surface area contributed by atoms with E-state index in [1.165, 1.54) is 24.3 Å². The van der Waals surface area contributed by atoms with Gasteiger partial charge < -0.3 is 9.73 Å². The molecule has 3 rings (SSSR count). The third-order valence-electron chi connectivity index (χ3n) is 4.40. The van der Waals surface area contributed by atoms with Crippen LogP contribution in [-0.4, -0.2) is 12.5 Å². The zero-order chi connectivity index (χ0) is 19.4. The van der Waals surface area contributed by atoms with Crippen LogP contribution in [0, 0.1) is 5.82 Å². The molecular formula is C21H19ClFNO3. The van der Waals surface area contributed by atoms with E-state index in [-0.39, 0.29) is 22.9 Å². The fourth-order valence-electron chi connectivity index (χ4n) is 3.01. The van der Waals surface area contributed by atoms with Gasteiger partial charge in [0.2, 0.25) is 0 Å². The topological polar surface area (TPSA) is 59.3 Å². The van der Waals surface area contributed by atoms with Gasteiger partial charge in [0.15, 0.2) is 11.2 Å². The van der Waals surface area contributed by atoms with Crippen LogP contribution in [0.2, 0.25) is 5.02 Å². The summed E-state index contributed by atoms with van der Waals surface area (Å²) in [5.74, 6) is -0.766. The van der Waals surface area contributed by atoms with Gasteiger partial charge in [-0.15, -0.1) is 0 Å². The Hall–Kier alpha value is -2.66. The largest absolute Gasteiger partial charge is 0.451 e. The van der Waals surface area contributed by atoms with Crippen LogP contribution in [0.15, 0.2) is 57.7 Å². The number of nitrogens with one attached hydrogen (secondary N) is 1. The van der Waals surface area contributed by atoms with Crippen molar-refractivity contribution in [2.24, 2.45) is 0 Å². The molecular weight excluding hydrogens is 369 g/mol. The van der Waals surface area contributed by atoms with Crippen molar-refractivity contribution in [3.05, 3.63) is 80.9 Å². The van der Waals surface area contributed by atoms with Crippen molar-refractivity contribution in [2.45, 2.75) is 25.7 Å². The minimum atomic E-state index is -0.466. The van der Waals surface area contributed by atoms with E-state index in [1.807, 2.05) is 6.92 Å². The Morgan fingerprint density at radius 1 is 1.19 bits per heavy atom. The summed E-state index contributed by atoms with van der Waals surface area (Å²) in [6.07, 6.45) is 1.76. The van der Waals surface area contributed by atoms with Gasteiger partial charge in [0.05, 0.1) is 5.39 Å². The zero-order valence-corrected chi connectivity index (χ0v) is 15.6. The smallest absolute Gasteiger partial charge is 0.287 e. The van der Waals surface area contributed by atoms with E-state index in [2.05, 4.69) is 5.32 Å². The molecule has 1 atom stereocenters. The maximum Gasteiger partial charge on any atom is 0.287 e. The first-order valence-corrected chi connectivity index (χ1v) is 9.13. The summed E-state index contributed by atoms with van der Waals surface area (Å²) in [6, 6.07) is 12.1. The molecule has 0 radical (unpaired) electrons. The van der Waals surface area contributed by atoms with Crippen molar-refractivity contribution < 1.29 is 13.6 Å². The maximum atomic E-state index is 13.1. The number of halogens is 2. The van der Waals surface area contributed by atoms with Gasteiger partial charge in [0.1, 0.15) is 11.4 Å². The van der Waals surface area contributed by atoms with Gasteiger partial charge in [0.25, 0.3) is 5.91 Å². The molecule has 3 aromatic rings. The van der Waals surface area contributed by atoms with Gasteiger partial charge in [-0.2, -0.15) is 0 Å². The van der Waals surface area contributed by atoms with E-state index in [4.69, 9.17) is 16.0 Å². The zero-order valence-electron chi connectivity index (χ0n) is 14.8. The van der Waals surface area contributed by atoms with Gasteiger partial charge >= 0.3 is 0 Å². The fourth-order valence-corrected chi connectivity index (χ4v) is 3.19. The Morgan fingerprint density at radius 2 is 1.93 bits per heavy atom. The molecule has 0 aliphatic rings.